The van der Waals surface area contributed by atoms with E-state index in [1.165, 1.54) is 0 Å². The molecule has 0 N–H and O–H groups in total. The van der Waals surface area contributed by atoms with Crippen LogP contribution in [-0.2, 0) is 16.1 Å². The van der Waals surface area contributed by atoms with E-state index >= 15 is 0 Å². The molecule has 0 aromatic heterocycles. The average Bonchev–Trinajstić information content (AvgIpc) is 3.08. The Balaban J connectivity index is 1.58. The number of aryl methyl sites for hydroxylation is 1. The first kappa shape index (κ1) is 20.6. The number of aliphatic imine (C=N–C) groups is 1. The summed E-state index contributed by atoms with van der Waals surface area (Å²) in [6.45, 7) is 2.41. The van der Waals surface area contributed by atoms with Gasteiger partial charge in [-0.25, -0.2) is 9.79 Å². The number of benzene rings is 3. The fourth-order valence-electron chi connectivity index (χ4n) is 3.03. The van der Waals surface area contributed by atoms with Gasteiger partial charge in [-0.15, -0.1) is 0 Å². The van der Waals surface area contributed by atoms with Crippen LogP contribution in [0.4, 0.5) is 0 Å². The number of hydrogen-bond acceptors (Lipinski definition) is 4. The Morgan fingerprint density at radius 3 is 2.37 bits per heavy atom. The van der Waals surface area contributed by atoms with E-state index in [-0.39, 0.29) is 5.70 Å². The first-order valence-corrected chi connectivity index (χ1v) is 10.8. The number of carbonyl (C=O) groups is 1. The van der Waals surface area contributed by atoms with Gasteiger partial charge in [0.15, 0.2) is 5.70 Å². The van der Waals surface area contributed by atoms with Crippen LogP contribution in [0.25, 0.3) is 6.08 Å². The molecule has 0 saturated carbocycles. The SMILES string of the molecule is Cc1ccccc1C1=N/C(=C\c2cc(Br)c(OCc3ccccc3)c(Br)c2)C(=O)O1. The van der Waals surface area contributed by atoms with E-state index < -0.39 is 5.97 Å². The molecule has 3 aromatic rings. The number of carbonyl (C=O) groups excluding carboxylic acids is 1. The molecule has 0 atom stereocenters. The highest BCUT2D eigenvalue weighted by Crippen LogP contribution is 2.36. The summed E-state index contributed by atoms with van der Waals surface area (Å²) in [5, 5.41) is 0. The third-order valence-electron chi connectivity index (χ3n) is 4.55. The largest absolute Gasteiger partial charge is 0.487 e. The number of rotatable bonds is 5. The maximum absolute atomic E-state index is 12.3. The molecular weight excluding hydrogens is 510 g/mol. The second-order valence-electron chi connectivity index (χ2n) is 6.74. The van der Waals surface area contributed by atoms with Gasteiger partial charge in [-0.05, 0) is 79.7 Å². The fourth-order valence-corrected chi connectivity index (χ4v) is 4.48. The van der Waals surface area contributed by atoms with Gasteiger partial charge in [-0.1, -0.05) is 48.5 Å². The van der Waals surface area contributed by atoms with Gasteiger partial charge in [-0.2, -0.15) is 0 Å². The zero-order valence-electron chi connectivity index (χ0n) is 16.1. The molecule has 1 aliphatic heterocycles. The van der Waals surface area contributed by atoms with Gasteiger partial charge in [-0.3, -0.25) is 0 Å². The molecule has 0 unspecified atom stereocenters. The molecule has 4 nitrogen and oxygen atoms in total. The third kappa shape index (κ3) is 4.55. The molecule has 0 amide bonds. The van der Waals surface area contributed by atoms with Crippen LogP contribution >= 0.6 is 31.9 Å². The van der Waals surface area contributed by atoms with Crippen molar-refractivity contribution in [2.45, 2.75) is 13.5 Å². The van der Waals surface area contributed by atoms with Crippen molar-refractivity contribution in [3.8, 4) is 5.75 Å². The van der Waals surface area contributed by atoms with E-state index in [9.17, 15) is 4.79 Å². The van der Waals surface area contributed by atoms with Crippen molar-refractivity contribution in [2.24, 2.45) is 4.99 Å². The summed E-state index contributed by atoms with van der Waals surface area (Å²) in [7, 11) is 0. The molecular formula is C24H17Br2NO3. The topological polar surface area (TPSA) is 47.9 Å². The van der Waals surface area contributed by atoms with Gasteiger partial charge in [0, 0.05) is 5.56 Å². The van der Waals surface area contributed by atoms with Crippen molar-refractivity contribution < 1.29 is 14.3 Å². The number of esters is 1. The minimum Gasteiger partial charge on any atom is -0.487 e. The van der Waals surface area contributed by atoms with Gasteiger partial charge in [0.25, 0.3) is 0 Å². The Morgan fingerprint density at radius 1 is 1.00 bits per heavy atom. The van der Waals surface area contributed by atoms with E-state index in [0.29, 0.717) is 18.3 Å². The van der Waals surface area contributed by atoms with Crippen molar-refractivity contribution in [2.75, 3.05) is 0 Å². The van der Waals surface area contributed by atoms with E-state index in [1.807, 2.05) is 73.7 Å². The van der Waals surface area contributed by atoms with Crippen LogP contribution in [0.15, 0.2) is 86.4 Å². The summed E-state index contributed by atoms with van der Waals surface area (Å²) in [5.41, 5.74) is 3.93. The highest BCUT2D eigenvalue weighted by atomic mass is 79.9. The van der Waals surface area contributed by atoms with Crippen LogP contribution < -0.4 is 4.74 Å². The second-order valence-corrected chi connectivity index (χ2v) is 8.45. The maximum atomic E-state index is 12.3. The molecule has 0 saturated heterocycles. The van der Waals surface area contributed by atoms with Gasteiger partial charge in [0.1, 0.15) is 12.4 Å². The Bertz CT molecular complexity index is 1150. The smallest absolute Gasteiger partial charge is 0.363 e. The van der Waals surface area contributed by atoms with Crippen molar-refractivity contribution in [1.29, 1.82) is 0 Å². The molecule has 150 valence electrons. The second kappa shape index (κ2) is 8.98. The normalized spacial score (nSPS) is 14.6. The molecule has 0 aliphatic carbocycles. The predicted molar refractivity (Wildman–Crippen MR) is 124 cm³/mol. The zero-order valence-corrected chi connectivity index (χ0v) is 19.2. The lowest BCUT2D eigenvalue weighted by Crippen LogP contribution is -2.06. The van der Waals surface area contributed by atoms with Crippen LogP contribution in [0.1, 0.15) is 22.3 Å². The molecule has 0 fully saturated rings. The summed E-state index contributed by atoms with van der Waals surface area (Å²) in [4.78, 5) is 16.7. The summed E-state index contributed by atoms with van der Waals surface area (Å²) < 4.78 is 12.9. The molecule has 1 heterocycles. The Hall–Kier alpha value is -2.70. The standard InChI is InChI=1S/C24H17Br2NO3/c1-15-7-5-6-10-18(15)23-27-21(24(28)30-23)13-17-11-19(25)22(20(26)12-17)29-14-16-8-3-2-4-9-16/h2-13H,14H2,1H3/b21-13-. The lowest BCUT2D eigenvalue weighted by atomic mass is 10.1. The van der Waals surface area contributed by atoms with Crippen LogP contribution in [-0.4, -0.2) is 11.9 Å². The van der Waals surface area contributed by atoms with Gasteiger partial charge >= 0.3 is 5.97 Å². The predicted octanol–water partition coefficient (Wildman–Crippen LogP) is 6.44. The maximum Gasteiger partial charge on any atom is 0.363 e. The number of cyclic esters (lactones) is 1. The summed E-state index contributed by atoms with van der Waals surface area (Å²) in [5.74, 6) is 0.550. The van der Waals surface area contributed by atoms with Crippen LogP contribution in [0.3, 0.4) is 0 Å². The quantitative estimate of drug-likeness (QED) is 0.284. The van der Waals surface area contributed by atoms with Crippen LogP contribution in [0.5, 0.6) is 5.75 Å². The Labute approximate surface area is 191 Å². The minimum atomic E-state index is -0.468. The van der Waals surface area contributed by atoms with Gasteiger partial charge in [0.05, 0.1) is 8.95 Å². The molecule has 30 heavy (non-hydrogen) atoms. The van der Waals surface area contributed by atoms with E-state index in [0.717, 1.165) is 31.2 Å². The monoisotopic (exact) mass is 525 g/mol. The van der Waals surface area contributed by atoms with Gasteiger partial charge in [0.2, 0.25) is 5.90 Å². The highest BCUT2D eigenvalue weighted by molar-refractivity contribution is 9.11. The number of hydrogen-bond donors (Lipinski definition) is 0. The van der Waals surface area contributed by atoms with Crippen LogP contribution in [0, 0.1) is 6.92 Å². The van der Waals surface area contributed by atoms with Crippen LogP contribution in [0.2, 0.25) is 0 Å². The molecule has 3 aromatic carbocycles. The van der Waals surface area contributed by atoms with E-state index in [2.05, 4.69) is 36.9 Å². The highest BCUT2D eigenvalue weighted by Gasteiger charge is 2.25. The molecule has 0 radical (unpaired) electrons. The summed E-state index contributed by atoms with van der Waals surface area (Å²) >= 11 is 7.12. The van der Waals surface area contributed by atoms with E-state index in [1.54, 1.807) is 6.08 Å². The lowest BCUT2D eigenvalue weighted by molar-refractivity contribution is -0.129. The van der Waals surface area contributed by atoms with Crippen molar-refractivity contribution in [3.05, 3.63) is 104 Å². The molecule has 6 heteroatoms. The molecule has 0 bridgehead atoms. The number of halogens is 2. The fraction of sp³-hybridized carbons (Fsp3) is 0.0833. The average molecular weight is 527 g/mol. The minimum absolute atomic E-state index is 0.255. The number of nitrogens with zero attached hydrogens (tertiary/aromatic N) is 1. The van der Waals surface area contributed by atoms with Gasteiger partial charge < -0.3 is 9.47 Å². The molecule has 0 spiro atoms. The zero-order chi connectivity index (χ0) is 21.1. The first-order valence-electron chi connectivity index (χ1n) is 9.25. The van der Waals surface area contributed by atoms with Crippen molar-refractivity contribution >= 4 is 49.8 Å². The lowest BCUT2D eigenvalue weighted by Gasteiger charge is -2.11. The number of ether oxygens (including phenoxy) is 2. The molecule has 1 aliphatic rings. The third-order valence-corrected chi connectivity index (χ3v) is 5.72. The first-order chi connectivity index (χ1) is 14.5. The molecule has 4 rings (SSSR count). The van der Waals surface area contributed by atoms with Crippen molar-refractivity contribution in [3.63, 3.8) is 0 Å². The summed E-state index contributed by atoms with van der Waals surface area (Å²) in [6, 6.07) is 21.4. The Morgan fingerprint density at radius 2 is 1.67 bits per heavy atom. The Kier molecular flexibility index (Phi) is 6.16. The van der Waals surface area contributed by atoms with E-state index in [4.69, 9.17) is 9.47 Å². The summed E-state index contributed by atoms with van der Waals surface area (Å²) in [6.07, 6.45) is 1.70. The van der Waals surface area contributed by atoms with Crippen molar-refractivity contribution in [1.82, 2.24) is 0 Å².